The fraction of sp³-hybridized carbons (Fsp3) is 0.286. The van der Waals surface area contributed by atoms with Crippen molar-refractivity contribution in [2.45, 2.75) is 25.9 Å². The molecule has 0 bridgehead atoms. The van der Waals surface area contributed by atoms with E-state index in [1.165, 1.54) is 17.8 Å². The van der Waals surface area contributed by atoms with Crippen LogP contribution in [0.3, 0.4) is 0 Å². The van der Waals surface area contributed by atoms with Gasteiger partial charge in [0, 0.05) is 17.4 Å². The summed E-state index contributed by atoms with van der Waals surface area (Å²) < 4.78 is 2.10. The molecule has 8 heteroatoms. The SMILES string of the molecule is CC(NC(=O)CCn1cnc2ccc(Br)cc2c1=O)C(=O)O. The summed E-state index contributed by atoms with van der Waals surface area (Å²) in [5.74, 6) is -1.54. The first-order valence-corrected chi connectivity index (χ1v) is 7.34. The Morgan fingerprint density at radius 2 is 2.18 bits per heavy atom. The first-order valence-electron chi connectivity index (χ1n) is 6.55. The maximum Gasteiger partial charge on any atom is 0.325 e. The highest BCUT2D eigenvalue weighted by molar-refractivity contribution is 9.10. The van der Waals surface area contributed by atoms with Gasteiger partial charge in [0.15, 0.2) is 0 Å². The van der Waals surface area contributed by atoms with Crippen LogP contribution in [0.1, 0.15) is 13.3 Å². The lowest BCUT2D eigenvalue weighted by Gasteiger charge is -2.10. The van der Waals surface area contributed by atoms with Gasteiger partial charge in [0.1, 0.15) is 6.04 Å². The Bertz CT molecular complexity index is 787. The number of carbonyl (C=O) groups excluding carboxylic acids is 1. The van der Waals surface area contributed by atoms with Gasteiger partial charge < -0.3 is 10.4 Å². The van der Waals surface area contributed by atoms with E-state index in [1.54, 1.807) is 18.2 Å². The van der Waals surface area contributed by atoms with Crippen LogP contribution in [0.4, 0.5) is 0 Å². The summed E-state index contributed by atoms with van der Waals surface area (Å²) in [6.07, 6.45) is 1.38. The molecule has 2 N–H and O–H groups in total. The van der Waals surface area contributed by atoms with Crippen LogP contribution in [0.5, 0.6) is 0 Å². The second-order valence-electron chi connectivity index (χ2n) is 4.78. The largest absolute Gasteiger partial charge is 0.480 e. The molecule has 0 aliphatic carbocycles. The van der Waals surface area contributed by atoms with Crippen molar-refractivity contribution in [2.24, 2.45) is 0 Å². The number of hydrogen-bond donors (Lipinski definition) is 2. The van der Waals surface area contributed by atoms with Crippen molar-refractivity contribution in [2.75, 3.05) is 0 Å². The zero-order valence-electron chi connectivity index (χ0n) is 11.7. The summed E-state index contributed by atoms with van der Waals surface area (Å²) in [5, 5.41) is 11.5. The number of aryl methyl sites for hydroxylation is 1. The van der Waals surface area contributed by atoms with Crippen LogP contribution in [0.2, 0.25) is 0 Å². The molecule has 1 unspecified atom stereocenters. The molecule has 1 heterocycles. The van der Waals surface area contributed by atoms with E-state index in [0.29, 0.717) is 10.9 Å². The Morgan fingerprint density at radius 3 is 2.86 bits per heavy atom. The normalized spacial score (nSPS) is 12.1. The number of aliphatic carboxylic acids is 1. The van der Waals surface area contributed by atoms with E-state index in [1.807, 2.05) is 0 Å². The fourth-order valence-electron chi connectivity index (χ4n) is 1.89. The van der Waals surface area contributed by atoms with Gasteiger partial charge in [-0.25, -0.2) is 4.98 Å². The molecule has 0 aliphatic heterocycles. The van der Waals surface area contributed by atoms with Gasteiger partial charge in [-0.3, -0.25) is 19.0 Å². The van der Waals surface area contributed by atoms with E-state index in [-0.39, 0.29) is 18.5 Å². The highest BCUT2D eigenvalue weighted by Gasteiger charge is 2.14. The molecule has 1 amide bonds. The summed E-state index contributed by atoms with van der Waals surface area (Å²) in [5.41, 5.74) is 0.332. The average molecular weight is 368 g/mol. The minimum atomic E-state index is -1.11. The molecule has 2 rings (SSSR count). The molecule has 0 radical (unpaired) electrons. The minimum Gasteiger partial charge on any atom is -0.480 e. The van der Waals surface area contributed by atoms with E-state index < -0.39 is 17.9 Å². The lowest BCUT2D eigenvalue weighted by molar-refractivity contribution is -0.141. The maximum atomic E-state index is 12.3. The lowest BCUT2D eigenvalue weighted by atomic mass is 10.2. The van der Waals surface area contributed by atoms with Crippen molar-refractivity contribution in [3.63, 3.8) is 0 Å². The number of aromatic nitrogens is 2. The second kappa shape index (κ2) is 6.69. The smallest absolute Gasteiger partial charge is 0.325 e. The maximum absolute atomic E-state index is 12.3. The number of carbonyl (C=O) groups is 2. The van der Waals surface area contributed by atoms with E-state index in [4.69, 9.17) is 5.11 Å². The molecule has 0 fully saturated rings. The standard InChI is InChI=1S/C14H14BrN3O4/c1-8(14(21)22)17-12(19)4-5-18-7-16-11-3-2-9(15)6-10(11)13(18)20/h2-3,6-8H,4-5H2,1H3,(H,17,19)(H,21,22). The fourth-order valence-corrected chi connectivity index (χ4v) is 2.25. The Morgan fingerprint density at radius 1 is 1.45 bits per heavy atom. The zero-order chi connectivity index (χ0) is 16.3. The summed E-state index contributed by atoms with van der Waals surface area (Å²) in [4.78, 5) is 38.8. The van der Waals surface area contributed by atoms with Gasteiger partial charge in [-0.05, 0) is 25.1 Å². The van der Waals surface area contributed by atoms with E-state index in [2.05, 4.69) is 26.2 Å². The predicted molar refractivity (Wildman–Crippen MR) is 83.6 cm³/mol. The molecule has 0 aliphatic rings. The molecule has 1 aromatic heterocycles. The summed E-state index contributed by atoms with van der Waals surface area (Å²) in [6, 6.07) is 4.23. The first kappa shape index (κ1) is 16.2. The number of hydrogen-bond acceptors (Lipinski definition) is 4. The summed E-state index contributed by atoms with van der Waals surface area (Å²) in [6.45, 7) is 1.51. The van der Waals surface area contributed by atoms with Crippen LogP contribution in [0.15, 0.2) is 33.8 Å². The zero-order valence-corrected chi connectivity index (χ0v) is 13.3. The molecule has 2 aromatic rings. The third-order valence-electron chi connectivity index (χ3n) is 3.11. The van der Waals surface area contributed by atoms with Gasteiger partial charge in [0.25, 0.3) is 5.56 Å². The Kier molecular flexibility index (Phi) is 4.92. The minimum absolute atomic E-state index is 0.00127. The molecule has 116 valence electrons. The number of nitrogens with one attached hydrogen (secondary N) is 1. The Labute approximate surface area is 134 Å². The summed E-state index contributed by atoms with van der Waals surface area (Å²) in [7, 11) is 0. The predicted octanol–water partition coefficient (Wildman–Crippen LogP) is 1.14. The molecule has 1 atom stereocenters. The monoisotopic (exact) mass is 367 g/mol. The molecule has 0 spiro atoms. The quantitative estimate of drug-likeness (QED) is 0.824. The number of amides is 1. The number of fused-ring (bicyclic) bond motifs is 1. The van der Waals surface area contributed by atoms with Crippen molar-refractivity contribution in [3.05, 3.63) is 39.4 Å². The molecule has 1 aromatic carbocycles. The highest BCUT2D eigenvalue weighted by atomic mass is 79.9. The van der Waals surface area contributed by atoms with Crippen molar-refractivity contribution < 1.29 is 14.7 Å². The van der Waals surface area contributed by atoms with E-state index >= 15 is 0 Å². The third-order valence-corrected chi connectivity index (χ3v) is 3.61. The van der Waals surface area contributed by atoms with Crippen molar-refractivity contribution in [3.8, 4) is 0 Å². The van der Waals surface area contributed by atoms with Crippen LogP contribution < -0.4 is 10.9 Å². The number of carboxylic acid groups (broad SMARTS) is 1. The first-order chi connectivity index (χ1) is 10.4. The van der Waals surface area contributed by atoms with Gasteiger partial charge in [0.2, 0.25) is 5.91 Å². The Hall–Kier alpha value is -2.22. The summed E-state index contributed by atoms with van der Waals surface area (Å²) >= 11 is 3.30. The number of benzene rings is 1. The van der Waals surface area contributed by atoms with Crippen LogP contribution >= 0.6 is 15.9 Å². The van der Waals surface area contributed by atoms with E-state index in [0.717, 1.165) is 4.47 Å². The number of rotatable bonds is 5. The number of nitrogens with zero attached hydrogens (tertiary/aromatic N) is 2. The van der Waals surface area contributed by atoms with Crippen LogP contribution in [-0.4, -0.2) is 32.6 Å². The molecule has 22 heavy (non-hydrogen) atoms. The van der Waals surface area contributed by atoms with Crippen molar-refractivity contribution in [1.82, 2.24) is 14.9 Å². The van der Waals surface area contributed by atoms with Gasteiger partial charge >= 0.3 is 5.97 Å². The van der Waals surface area contributed by atoms with Crippen molar-refractivity contribution >= 4 is 38.7 Å². The second-order valence-corrected chi connectivity index (χ2v) is 5.70. The van der Waals surface area contributed by atoms with Gasteiger partial charge in [-0.15, -0.1) is 0 Å². The average Bonchev–Trinajstić information content (AvgIpc) is 2.47. The molecule has 7 nitrogen and oxygen atoms in total. The Balaban J connectivity index is 2.12. The number of halogens is 1. The lowest BCUT2D eigenvalue weighted by Crippen LogP contribution is -2.39. The topological polar surface area (TPSA) is 101 Å². The van der Waals surface area contributed by atoms with E-state index in [9.17, 15) is 14.4 Å². The van der Waals surface area contributed by atoms with Gasteiger partial charge in [-0.1, -0.05) is 15.9 Å². The third kappa shape index (κ3) is 3.70. The van der Waals surface area contributed by atoms with Crippen LogP contribution in [-0.2, 0) is 16.1 Å². The highest BCUT2D eigenvalue weighted by Crippen LogP contribution is 2.14. The molecular weight excluding hydrogens is 354 g/mol. The molecule has 0 saturated carbocycles. The van der Waals surface area contributed by atoms with Gasteiger partial charge in [-0.2, -0.15) is 0 Å². The number of carboxylic acids is 1. The molecular formula is C14H14BrN3O4. The van der Waals surface area contributed by atoms with Gasteiger partial charge in [0.05, 0.1) is 17.2 Å². The van der Waals surface area contributed by atoms with Crippen LogP contribution in [0.25, 0.3) is 10.9 Å². The van der Waals surface area contributed by atoms with Crippen molar-refractivity contribution in [1.29, 1.82) is 0 Å². The van der Waals surface area contributed by atoms with Crippen LogP contribution in [0, 0.1) is 0 Å². The molecule has 0 saturated heterocycles.